The van der Waals surface area contributed by atoms with Crippen LogP contribution in [-0.4, -0.2) is 27.0 Å². The van der Waals surface area contributed by atoms with Gasteiger partial charge in [-0.25, -0.2) is 4.98 Å². The minimum Gasteiger partial charge on any atom is -0.497 e. The second kappa shape index (κ2) is 5.04. The molecule has 0 aliphatic rings. The van der Waals surface area contributed by atoms with E-state index in [0.717, 1.165) is 11.3 Å². The Bertz CT molecular complexity index is 740. The van der Waals surface area contributed by atoms with Gasteiger partial charge in [-0.15, -0.1) is 0 Å². The first kappa shape index (κ1) is 12.2. The summed E-state index contributed by atoms with van der Waals surface area (Å²) in [4.78, 5) is 15.0. The first-order valence-corrected chi connectivity index (χ1v) is 5.98. The number of nitrogen functional groups attached to an aromatic ring is 1. The van der Waals surface area contributed by atoms with Crippen LogP contribution in [-0.2, 0) is 6.61 Å². The average molecular weight is 271 g/mol. The maximum atomic E-state index is 5.69. The van der Waals surface area contributed by atoms with Crippen LogP contribution in [0.5, 0.6) is 11.6 Å². The Morgan fingerprint density at radius 2 is 2.20 bits per heavy atom. The molecule has 7 nitrogen and oxygen atoms in total. The van der Waals surface area contributed by atoms with E-state index in [1.54, 1.807) is 7.11 Å². The zero-order chi connectivity index (χ0) is 13.9. The van der Waals surface area contributed by atoms with Gasteiger partial charge in [0.05, 0.1) is 13.4 Å². The van der Waals surface area contributed by atoms with E-state index in [1.807, 2.05) is 24.3 Å². The summed E-state index contributed by atoms with van der Waals surface area (Å²) < 4.78 is 10.9. The summed E-state index contributed by atoms with van der Waals surface area (Å²) in [6.07, 6.45) is 1.52. The van der Waals surface area contributed by atoms with Crippen LogP contribution >= 0.6 is 0 Å². The zero-order valence-corrected chi connectivity index (χ0v) is 10.8. The number of H-pyrrole nitrogens is 1. The molecule has 20 heavy (non-hydrogen) atoms. The Labute approximate surface area is 114 Å². The number of aromatic amines is 1. The third kappa shape index (κ3) is 2.33. The number of methoxy groups -OCH3 is 1. The average Bonchev–Trinajstić information content (AvgIpc) is 2.93. The van der Waals surface area contributed by atoms with Crippen LogP contribution in [0.15, 0.2) is 30.6 Å². The van der Waals surface area contributed by atoms with E-state index in [4.69, 9.17) is 15.2 Å². The molecule has 3 N–H and O–H groups in total. The van der Waals surface area contributed by atoms with E-state index in [-0.39, 0.29) is 5.95 Å². The number of rotatable bonds is 4. The molecule has 0 unspecified atom stereocenters. The molecule has 1 aromatic carbocycles. The SMILES string of the molecule is COc1cccc(COc2nc(N)nc3nc[nH]c23)c1. The molecule has 0 amide bonds. The van der Waals surface area contributed by atoms with Crippen molar-refractivity contribution in [3.05, 3.63) is 36.2 Å². The van der Waals surface area contributed by atoms with Crippen LogP contribution in [0.25, 0.3) is 11.2 Å². The fraction of sp³-hybridized carbons (Fsp3) is 0.154. The molecule has 2 aromatic heterocycles. The zero-order valence-electron chi connectivity index (χ0n) is 10.8. The maximum absolute atomic E-state index is 5.69. The second-order valence-corrected chi connectivity index (χ2v) is 4.13. The lowest BCUT2D eigenvalue weighted by Crippen LogP contribution is -2.02. The van der Waals surface area contributed by atoms with E-state index in [2.05, 4.69) is 19.9 Å². The Hall–Kier alpha value is -2.83. The minimum absolute atomic E-state index is 0.130. The third-order valence-corrected chi connectivity index (χ3v) is 2.78. The van der Waals surface area contributed by atoms with Crippen molar-refractivity contribution < 1.29 is 9.47 Å². The predicted molar refractivity (Wildman–Crippen MR) is 73.4 cm³/mol. The largest absolute Gasteiger partial charge is 0.497 e. The van der Waals surface area contributed by atoms with Gasteiger partial charge in [0.25, 0.3) is 0 Å². The lowest BCUT2D eigenvalue weighted by Gasteiger charge is -2.07. The molecule has 0 radical (unpaired) electrons. The quantitative estimate of drug-likeness (QED) is 0.746. The van der Waals surface area contributed by atoms with Crippen LogP contribution in [0.1, 0.15) is 5.56 Å². The Kier molecular flexibility index (Phi) is 3.08. The number of ether oxygens (including phenoxy) is 2. The summed E-state index contributed by atoms with van der Waals surface area (Å²) in [5.41, 5.74) is 7.70. The molecule has 0 fully saturated rings. The van der Waals surface area contributed by atoms with Gasteiger partial charge in [-0.05, 0) is 17.7 Å². The molecule has 7 heteroatoms. The molecule has 0 saturated carbocycles. The fourth-order valence-electron chi connectivity index (χ4n) is 1.84. The smallest absolute Gasteiger partial charge is 0.245 e. The van der Waals surface area contributed by atoms with Crippen LogP contribution in [0.3, 0.4) is 0 Å². The summed E-state index contributed by atoms with van der Waals surface area (Å²) in [6, 6.07) is 7.61. The molecule has 2 heterocycles. The summed E-state index contributed by atoms with van der Waals surface area (Å²) in [5, 5.41) is 0. The Morgan fingerprint density at radius 3 is 3.05 bits per heavy atom. The molecule has 3 rings (SSSR count). The van der Waals surface area contributed by atoms with E-state index >= 15 is 0 Å². The van der Waals surface area contributed by atoms with Crippen molar-refractivity contribution in [2.75, 3.05) is 12.8 Å². The van der Waals surface area contributed by atoms with Crippen LogP contribution < -0.4 is 15.2 Å². The fourth-order valence-corrected chi connectivity index (χ4v) is 1.84. The number of nitrogens with zero attached hydrogens (tertiary/aromatic N) is 3. The van der Waals surface area contributed by atoms with Crippen molar-refractivity contribution in [3.8, 4) is 11.6 Å². The van der Waals surface area contributed by atoms with E-state index in [1.165, 1.54) is 6.33 Å². The molecule has 102 valence electrons. The van der Waals surface area contributed by atoms with Crippen molar-refractivity contribution in [2.24, 2.45) is 0 Å². The van der Waals surface area contributed by atoms with Crippen LogP contribution in [0, 0.1) is 0 Å². The molecular weight excluding hydrogens is 258 g/mol. The summed E-state index contributed by atoms with van der Waals surface area (Å²) in [5.74, 6) is 1.29. The first-order chi connectivity index (χ1) is 9.76. The predicted octanol–water partition coefficient (Wildman–Crippen LogP) is 1.52. The summed E-state index contributed by atoms with van der Waals surface area (Å²) in [6.45, 7) is 0.349. The van der Waals surface area contributed by atoms with Gasteiger partial charge < -0.3 is 20.2 Å². The molecule has 0 bridgehead atoms. The van der Waals surface area contributed by atoms with Crippen molar-refractivity contribution in [1.82, 2.24) is 19.9 Å². The molecule has 0 atom stereocenters. The summed E-state index contributed by atoms with van der Waals surface area (Å²) in [7, 11) is 1.62. The lowest BCUT2D eigenvalue weighted by atomic mass is 10.2. The first-order valence-electron chi connectivity index (χ1n) is 5.98. The number of hydrogen-bond acceptors (Lipinski definition) is 6. The molecule has 0 aliphatic carbocycles. The van der Waals surface area contributed by atoms with Gasteiger partial charge in [0, 0.05) is 0 Å². The van der Waals surface area contributed by atoms with E-state index in [9.17, 15) is 0 Å². The highest BCUT2D eigenvalue weighted by atomic mass is 16.5. The second-order valence-electron chi connectivity index (χ2n) is 4.13. The van der Waals surface area contributed by atoms with E-state index < -0.39 is 0 Å². The van der Waals surface area contributed by atoms with Crippen molar-refractivity contribution in [1.29, 1.82) is 0 Å². The molecule has 3 aromatic rings. The number of benzene rings is 1. The standard InChI is InChI=1S/C13H13N5O2/c1-19-9-4-2-3-8(5-9)6-20-12-10-11(16-7-15-10)17-13(14)18-12/h2-5,7H,6H2,1H3,(H3,14,15,16,17,18). The summed E-state index contributed by atoms with van der Waals surface area (Å²) >= 11 is 0. The third-order valence-electron chi connectivity index (χ3n) is 2.78. The number of imidazole rings is 1. The van der Waals surface area contributed by atoms with Gasteiger partial charge in [0.15, 0.2) is 5.65 Å². The van der Waals surface area contributed by atoms with Gasteiger partial charge in [0.1, 0.15) is 17.9 Å². The number of hydrogen-bond donors (Lipinski definition) is 2. The number of nitrogens with one attached hydrogen (secondary N) is 1. The number of fused-ring (bicyclic) bond motifs is 1. The van der Waals surface area contributed by atoms with Gasteiger partial charge in [-0.1, -0.05) is 12.1 Å². The monoisotopic (exact) mass is 271 g/mol. The molecular formula is C13H13N5O2. The Balaban J connectivity index is 1.84. The highest BCUT2D eigenvalue weighted by Gasteiger charge is 2.10. The highest BCUT2D eigenvalue weighted by molar-refractivity contribution is 5.76. The molecule has 0 saturated heterocycles. The van der Waals surface area contributed by atoms with Crippen LogP contribution in [0.4, 0.5) is 5.95 Å². The maximum Gasteiger partial charge on any atom is 0.245 e. The van der Waals surface area contributed by atoms with Crippen molar-refractivity contribution in [3.63, 3.8) is 0 Å². The number of anilines is 1. The molecule has 0 spiro atoms. The van der Waals surface area contributed by atoms with Crippen molar-refractivity contribution >= 4 is 17.1 Å². The van der Waals surface area contributed by atoms with Gasteiger partial charge in [-0.3, -0.25) is 0 Å². The topological polar surface area (TPSA) is 98.9 Å². The lowest BCUT2D eigenvalue weighted by molar-refractivity contribution is 0.296. The van der Waals surface area contributed by atoms with Crippen LogP contribution in [0.2, 0.25) is 0 Å². The van der Waals surface area contributed by atoms with E-state index in [0.29, 0.717) is 23.7 Å². The molecule has 0 aliphatic heterocycles. The van der Waals surface area contributed by atoms with Crippen molar-refractivity contribution in [2.45, 2.75) is 6.61 Å². The van der Waals surface area contributed by atoms with Gasteiger partial charge in [0.2, 0.25) is 11.8 Å². The number of nitrogens with two attached hydrogens (primary N) is 1. The number of aromatic nitrogens is 4. The minimum atomic E-state index is 0.130. The van der Waals surface area contributed by atoms with Gasteiger partial charge >= 0.3 is 0 Å². The normalized spacial score (nSPS) is 10.7. The highest BCUT2D eigenvalue weighted by Crippen LogP contribution is 2.21. The Morgan fingerprint density at radius 1 is 1.30 bits per heavy atom. The van der Waals surface area contributed by atoms with Gasteiger partial charge in [-0.2, -0.15) is 9.97 Å².